The van der Waals surface area contributed by atoms with Crippen molar-refractivity contribution in [2.75, 3.05) is 18.0 Å². The zero-order chi connectivity index (χ0) is 14.1. The second kappa shape index (κ2) is 5.38. The van der Waals surface area contributed by atoms with E-state index in [0.717, 1.165) is 38.0 Å². The summed E-state index contributed by atoms with van der Waals surface area (Å²) in [5.41, 5.74) is 0.714. The lowest BCUT2D eigenvalue weighted by molar-refractivity contribution is -0.121. The summed E-state index contributed by atoms with van der Waals surface area (Å²) in [6.07, 6.45) is 6.07. The maximum Gasteiger partial charge on any atom is 0.269 e. The van der Waals surface area contributed by atoms with E-state index in [0.29, 0.717) is 5.92 Å². The number of hydrogen-bond acceptors (Lipinski definition) is 4. The first-order valence-corrected chi connectivity index (χ1v) is 7.48. The molecule has 1 saturated carbocycles. The molecule has 0 spiro atoms. The van der Waals surface area contributed by atoms with Crippen molar-refractivity contribution in [3.63, 3.8) is 0 Å². The minimum absolute atomic E-state index is 0.125. The average Bonchev–Trinajstić information content (AvgIpc) is 3.25. The van der Waals surface area contributed by atoms with Gasteiger partial charge in [-0.2, -0.15) is 5.10 Å². The topological polar surface area (TPSA) is 55.2 Å². The Hall–Kier alpha value is -1.65. The van der Waals surface area contributed by atoms with Gasteiger partial charge >= 0.3 is 0 Å². The Morgan fingerprint density at radius 2 is 2.20 bits per heavy atom. The number of aromatic nitrogens is 2. The summed E-state index contributed by atoms with van der Waals surface area (Å²) in [4.78, 5) is 26.0. The first-order chi connectivity index (χ1) is 9.63. The Morgan fingerprint density at radius 3 is 2.85 bits per heavy atom. The standard InChI is InChI=1S/C15H21N3O2/c1-11-3-2-6-17(9-11)13-7-15(20)18(16-8-13)10-14(19)12-4-5-12/h7-8,11-12H,2-6,9-10H2,1H3. The van der Waals surface area contributed by atoms with E-state index in [9.17, 15) is 9.59 Å². The summed E-state index contributed by atoms with van der Waals surface area (Å²) in [5, 5.41) is 4.17. The highest BCUT2D eigenvalue weighted by molar-refractivity contribution is 5.82. The van der Waals surface area contributed by atoms with Gasteiger partial charge in [-0.25, -0.2) is 4.68 Å². The lowest BCUT2D eigenvalue weighted by atomic mass is 10.00. The van der Waals surface area contributed by atoms with E-state index in [1.54, 1.807) is 12.3 Å². The molecule has 0 N–H and O–H groups in total. The molecule has 1 unspecified atom stereocenters. The number of anilines is 1. The van der Waals surface area contributed by atoms with Gasteiger partial charge < -0.3 is 4.90 Å². The molecular formula is C15H21N3O2. The highest BCUT2D eigenvalue weighted by Crippen LogP contribution is 2.30. The van der Waals surface area contributed by atoms with Crippen molar-refractivity contribution < 1.29 is 4.79 Å². The minimum atomic E-state index is -0.172. The fourth-order valence-corrected chi connectivity index (χ4v) is 2.82. The summed E-state index contributed by atoms with van der Waals surface area (Å²) >= 11 is 0. The third-order valence-corrected chi connectivity index (χ3v) is 4.22. The lowest BCUT2D eigenvalue weighted by Gasteiger charge is -2.32. The number of rotatable bonds is 4. The largest absolute Gasteiger partial charge is 0.370 e. The number of hydrogen-bond donors (Lipinski definition) is 0. The number of piperidine rings is 1. The fraction of sp³-hybridized carbons (Fsp3) is 0.667. The van der Waals surface area contributed by atoms with Gasteiger partial charge in [0.25, 0.3) is 5.56 Å². The molecule has 1 aromatic heterocycles. The lowest BCUT2D eigenvalue weighted by Crippen LogP contribution is -2.36. The molecule has 5 nitrogen and oxygen atoms in total. The first-order valence-electron chi connectivity index (χ1n) is 7.48. The van der Waals surface area contributed by atoms with Crippen LogP contribution in [0.1, 0.15) is 32.6 Å². The molecule has 2 heterocycles. The molecule has 1 aliphatic heterocycles. The third kappa shape index (κ3) is 2.92. The van der Waals surface area contributed by atoms with Crippen LogP contribution < -0.4 is 10.5 Å². The second-order valence-corrected chi connectivity index (χ2v) is 6.14. The molecule has 1 atom stereocenters. The number of carbonyl (C=O) groups excluding carboxylic acids is 1. The SMILES string of the molecule is CC1CCCN(c2cnn(CC(=O)C3CC3)c(=O)c2)C1. The van der Waals surface area contributed by atoms with E-state index in [1.807, 2.05) is 0 Å². The molecule has 0 radical (unpaired) electrons. The highest BCUT2D eigenvalue weighted by atomic mass is 16.1. The van der Waals surface area contributed by atoms with Crippen molar-refractivity contribution in [1.82, 2.24) is 9.78 Å². The van der Waals surface area contributed by atoms with Crippen LogP contribution in [0.2, 0.25) is 0 Å². The Balaban J connectivity index is 1.73. The molecule has 1 aromatic rings. The van der Waals surface area contributed by atoms with E-state index < -0.39 is 0 Å². The van der Waals surface area contributed by atoms with E-state index in [-0.39, 0.29) is 23.8 Å². The second-order valence-electron chi connectivity index (χ2n) is 6.14. The Morgan fingerprint density at radius 1 is 1.40 bits per heavy atom. The summed E-state index contributed by atoms with van der Waals surface area (Å²) < 4.78 is 1.29. The quantitative estimate of drug-likeness (QED) is 0.834. The summed E-state index contributed by atoms with van der Waals surface area (Å²) in [6, 6.07) is 1.62. The highest BCUT2D eigenvalue weighted by Gasteiger charge is 2.29. The van der Waals surface area contributed by atoms with E-state index in [4.69, 9.17) is 0 Å². The molecule has 1 saturated heterocycles. The van der Waals surface area contributed by atoms with Crippen LogP contribution in [-0.4, -0.2) is 28.7 Å². The molecule has 2 fully saturated rings. The molecular weight excluding hydrogens is 254 g/mol. The minimum Gasteiger partial charge on any atom is -0.370 e. The van der Waals surface area contributed by atoms with Crippen LogP contribution in [0.4, 0.5) is 5.69 Å². The van der Waals surface area contributed by atoms with Crippen molar-refractivity contribution in [3.8, 4) is 0 Å². The predicted octanol–water partition coefficient (Wildman–Crippen LogP) is 1.46. The molecule has 0 amide bonds. The van der Waals surface area contributed by atoms with Crippen LogP contribution in [0.15, 0.2) is 17.1 Å². The van der Waals surface area contributed by atoms with Gasteiger partial charge in [-0.05, 0) is 31.6 Å². The van der Waals surface area contributed by atoms with Gasteiger partial charge in [0.2, 0.25) is 0 Å². The van der Waals surface area contributed by atoms with Gasteiger partial charge in [-0.1, -0.05) is 6.92 Å². The molecule has 0 aromatic carbocycles. The molecule has 3 rings (SSSR count). The van der Waals surface area contributed by atoms with Gasteiger partial charge in [0, 0.05) is 25.1 Å². The van der Waals surface area contributed by atoms with Crippen molar-refractivity contribution in [2.24, 2.45) is 11.8 Å². The molecule has 108 valence electrons. The zero-order valence-electron chi connectivity index (χ0n) is 11.9. The first kappa shape index (κ1) is 13.3. The monoisotopic (exact) mass is 275 g/mol. The number of Topliss-reactive ketones (excluding diaryl/α,β-unsaturated/α-hetero) is 1. The summed E-state index contributed by atoms with van der Waals surface area (Å²) in [6.45, 7) is 4.32. The molecule has 1 aliphatic carbocycles. The maximum atomic E-state index is 12.1. The van der Waals surface area contributed by atoms with Crippen LogP contribution in [0.25, 0.3) is 0 Å². The Kier molecular flexibility index (Phi) is 3.59. The van der Waals surface area contributed by atoms with E-state index in [1.165, 1.54) is 11.1 Å². The maximum absolute atomic E-state index is 12.1. The number of ketones is 1. The Labute approximate surface area is 118 Å². The van der Waals surface area contributed by atoms with E-state index >= 15 is 0 Å². The van der Waals surface area contributed by atoms with Crippen molar-refractivity contribution in [3.05, 3.63) is 22.6 Å². The fourth-order valence-electron chi connectivity index (χ4n) is 2.82. The van der Waals surface area contributed by atoms with Crippen LogP contribution in [-0.2, 0) is 11.3 Å². The van der Waals surface area contributed by atoms with Crippen molar-refractivity contribution >= 4 is 11.5 Å². The van der Waals surface area contributed by atoms with Gasteiger partial charge in [0.1, 0.15) is 6.54 Å². The van der Waals surface area contributed by atoms with Gasteiger partial charge in [-0.15, -0.1) is 0 Å². The molecule has 20 heavy (non-hydrogen) atoms. The van der Waals surface area contributed by atoms with Crippen LogP contribution in [0, 0.1) is 11.8 Å². The molecule has 2 aliphatic rings. The van der Waals surface area contributed by atoms with E-state index in [2.05, 4.69) is 16.9 Å². The number of carbonyl (C=O) groups is 1. The molecule has 5 heteroatoms. The van der Waals surface area contributed by atoms with Gasteiger partial charge in [0.05, 0.1) is 11.9 Å². The zero-order valence-corrected chi connectivity index (χ0v) is 11.9. The normalized spacial score (nSPS) is 22.9. The van der Waals surface area contributed by atoms with Crippen molar-refractivity contribution in [1.29, 1.82) is 0 Å². The van der Waals surface area contributed by atoms with Crippen LogP contribution in [0.5, 0.6) is 0 Å². The smallest absolute Gasteiger partial charge is 0.269 e. The number of nitrogens with zero attached hydrogens (tertiary/aromatic N) is 3. The Bertz CT molecular complexity index is 562. The van der Waals surface area contributed by atoms with Gasteiger partial charge in [0.15, 0.2) is 5.78 Å². The molecule has 0 bridgehead atoms. The summed E-state index contributed by atoms with van der Waals surface area (Å²) in [7, 11) is 0. The van der Waals surface area contributed by atoms with Crippen LogP contribution >= 0.6 is 0 Å². The summed E-state index contributed by atoms with van der Waals surface area (Å²) in [5.74, 6) is 0.966. The van der Waals surface area contributed by atoms with Gasteiger partial charge in [-0.3, -0.25) is 9.59 Å². The average molecular weight is 275 g/mol. The van der Waals surface area contributed by atoms with Crippen LogP contribution in [0.3, 0.4) is 0 Å². The predicted molar refractivity (Wildman–Crippen MR) is 76.8 cm³/mol. The van der Waals surface area contributed by atoms with Crippen molar-refractivity contribution in [2.45, 2.75) is 39.2 Å². The third-order valence-electron chi connectivity index (χ3n) is 4.22.